The molecule has 1 saturated heterocycles. The van der Waals surface area contributed by atoms with Crippen molar-refractivity contribution < 1.29 is 4.79 Å². The minimum atomic E-state index is 0.256. The SMILES string of the molecule is CC1(C)CCN(CCCC(=O)c2ccc(Br)cc2)C1. The molecule has 1 aromatic rings. The molecule has 0 aliphatic carbocycles. The number of ketones is 1. The van der Waals surface area contributed by atoms with E-state index in [1.54, 1.807) is 0 Å². The molecule has 2 nitrogen and oxygen atoms in total. The summed E-state index contributed by atoms with van der Waals surface area (Å²) >= 11 is 3.38. The Kier molecular flexibility index (Phi) is 4.80. The minimum Gasteiger partial charge on any atom is -0.303 e. The number of nitrogens with zero attached hydrogens (tertiary/aromatic N) is 1. The second kappa shape index (κ2) is 6.19. The molecule has 0 aromatic heterocycles. The van der Waals surface area contributed by atoms with Gasteiger partial charge in [-0.3, -0.25) is 4.79 Å². The zero-order chi connectivity index (χ0) is 13.9. The van der Waals surface area contributed by atoms with Gasteiger partial charge in [0.15, 0.2) is 5.78 Å². The molecule has 1 aliphatic rings. The van der Waals surface area contributed by atoms with E-state index in [-0.39, 0.29) is 5.78 Å². The zero-order valence-electron chi connectivity index (χ0n) is 11.8. The van der Waals surface area contributed by atoms with Gasteiger partial charge in [-0.15, -0.1) is 0 Å². The summed E-state index contributed by atoms with van der Waals surface area (Å²) in [5.41, 5.74) is 1.28. The van der Waals surface area contributed by atoms with E-state index in [0.717, 1.165) is 23.0 Å². The van der Waals surface area contributed by atoms with E-state index in [4.69, 9.17) is 0 Å². The maximum absolute atomic E-state index is 12.0. The van der Waals surface area contributed by atoms with Gasteiger partial charge in [-0.05, 0) is 43.5 Å². The van der Waals surface area contributed by atoms with Crippen molar-refractivity contribution in [3.63, 3.8) is 0 Å². The van der Waals surface area contributed by atoms with Gasteiger partial charge in [0.05, 0.1) is 0 Å². The van der Waals surface area contributed by atoms with Gasteiger partial charge in [0, 0.05) is 23.0 Å². The third-order valence-corrected chi connectivity index (χ3v) is 4.33. The number of carbonyl (C=O) groups excluding carboxylic acids is 1. The third kappa shape index (κ3) is 4.43. The van der Waals surface area contributed by atoms with Crippen LogP contribution in [0.25, 0.3) is 0 Å². The first-order chi connectivity index (χ1) is 8.96. The molecule has 0 bridgehead atoms. The Balaban J connectivity index is 1.74. The van der Waals surface area contributed by atoms with Crippen molar-refractivity contribution in [2.45, 2.75) is 33.1 Å². The van der Waals surface area contributed by atoms with Gasteiger partial charge in [-0.25, -0.2) is 0 Å². The molecule has 19 heavy (non-hydrogen) atoms. The molecule has 3 heteroatoms. The van der Waals surface area contributed by atoms with E-state index >= 15 is 0 Å². The standard InChI is InChI=1S/C16H22BrNO/c1-16(2)9-11-18(12-16)10-3-4-15(19)13-5-7-14(17)8-6-13/h5-8H,3-4,9-12H2,1-2H3. The van der Waals surface area contributed by atoms with E-state index in [1.807, 2.05) is 24.3 Å². The molecule has 0 atom stereocenters. The first-order valence-corrected chi connectivity index (χ1v) is 7.77. The van der Waals surface area contributed by atoms with Crippen LogP contribution in [0.1, 0.15) is 43.5 Å². The van der Waals surface area contributed by atoms with E-state index in [9.17, 15) is 4.79 Å². The molecule has 1 aliphatic heterocycles. The number of Topliss-reactive ketones (excluding diaryl/α,β-unsaturated/α-hetero) is 1. The van der Waals surface area contributed by atoms with Gasteiger partial charge in [0.2, 0.25) is 0 Å². The molecule has 0 N–H and O–H groups in total. The van der Waals surface area contributed by atoms with Crippen LogP contribution in [0.3, 0.4) is 0 Å². The minimum absolute atomic E-state index is 0.256. The summed E-state index contributed by atoms with van der Waals surface area (Å²) in [6, 6.07) is 7.64. The Morgan fingerprint density at radius 2 is 2.00 bits per heavy atom. The normalized spacial score (nSPS) is 18.7. The number of hydrogen-bond acceptors (Lipinski definition) is 2. The number of likely N-dealkylation sites (tertiary alicyclic amines) is 1. The molecule has 104 valence electrons. The van der Waals surface area contributed by atoms with Crippen LogP contribution in [0.4, 0.5) is 0 Å². The van der Waals surface area contributed by atoms with E-state index in [0.29, 0.717) is 11.8 Å². The first-order valence-electron chi connectivity index (χ1n) is 6.97. The maximum atomic E-state index is 12.0. The highest BCUT2D eigenvalue weighted by Crippen LogP contribution is 2.28. The summed E-state index contributed by atoms with van der Waals surface area (Å²) in [7, 11) is 0. The Morgan fingerprint density at radius 3 is 2.58 bits per heavy atom. The van der Waals surface area contributed by atoms with Crippen LogP contribution in [0.2, 0.25) is 0 Å². The van der Waals surface area contributed by atoms with Gasteiger partial charge in [0.1, 0.15) is 0 Å². The lowest BCUT2D eigenvalue weighted by Gasteiger charge is -2.19. The van der Waals surface area contributed by atoms with Gasteiger partial charge in [-0.1, -0.05) is 41.9 Å². The van der Waals surface area contributed by atoms with E-state index in [1.165, 1.54) is 19.5 Å². The van der Waals surface area contributed by atoms with Crippen molar-refractivity contribution in [2.75, 3.05) is 19.6 Å². The first kappa shape index (κ1) is 14.7. The van der Waals surface area contributed by atoms with Crippen LogP contribution >= 0.6 is 15.9 Å². The summed E-state index contributed by atoms with van der Waals surface area (Å²) < 4.78 is 1.02. The molecule has 0 amide bonds. The van der Waals surface area contributed by atoms with E-state index in [2.05, 4.69) is 34.7 Å². The van der Waals surface area contributed by atoms with Crippen molar-refractivity contribution in [1.29, 1.82) is 0 Å². The number of rotatable bonds is 5. The molecular formula is C16H22BrNO. The van der Waals surface area contributed by atoms with Crippen LogP contribution in [-0.4, -0.2) is 30.3 Å². The Hall–Kier alpha value is -0.670. The fraction of sp³-hybridized carbons (Fsp3) is 0.562. The highest BCUT2D eigenvalue weighted by molar-refractivity contribution is 9.10. The molecule has 2 rings (SSSR count). The third-order valence-electron chi connectivity index (χ3n) is 3.80. The Morgan fingerprint density at radius 1 is 1.32 bits per heavy atom. The fourth-order valence-corrected chi connectivity index (χ4v) is 2.92. The lowest BCUT2D eigenvalue weighted by atomic mass is 9.93. The van der Waals surface area contributed by atoms with Gasteiger partial charge in [0.25, 0.3) is 0 Å². The number of benzene rings is 1. The predicted octanol–water partition coefficient (Wildman–Crippen LogP) is 4.14. The van der Waals surface area contributed by atoms with Crippen LogP contribution in [-0.2, 0) is 0 Å². The molecule has 0 radical (unpaired) electrons. The van der Waals surface area contributed by atoms with Crippen molar-refractivity contribution >= 4 is 21.7 Å². The van der Waals surface area contributed by atoms with Crippen LogP contribution in [0, 0.1) is 5.41 Å². The maximum Gasteiger partial charge on any atom is 0.162 e. The molecule has 1 fully saturated rings. The summed E-state index contributed by atoms with van der Waals surface area (Å²) in [6.07, 6.45) is 2.89. The average molecular weight is 324 g/mol. The van der Waals surface area contributed by atoms with Crippen molar-refractivity contribution in [3.05, 3.63) is 34.3 Å². The predicted molar refractivity (Wildman–Crippen MR) is 82.5 cm³/mol. The van der Waals surface area contributed by atoms with E-state index < -0.39 is 0 Å². The highest BCUT2D eigenvalue weighted by Gasteiger charge is 2.28. The molecule has 0 saturated carbocycles. The number of halogens is 1. The average Bonchev–Trinajstić information content (AvgIpc) is 2.69. The second-order valence-electron chi connectivity index (χ2n) is 6.22. The topological polar surface area (TPSA) is 20.3 Å². The lowest BCUT2D eigenvalue weighted by molar-refractivity contribution is 0.0975. The molecule has 1 aromatic carbocycles. The number of hydrogen-bond donors (Lipinski definition) is 0. The van der Waals surface area contributed by atoms with Gasteiger partial charge < -0.3 is 4.90 Å². The summed E-state index contributed by atoms with van der Waals surface area (Å²) in [5, 5.41) is 0. The van der Waals surface area contributed by atoms with Gasteiger partial charge in [-0.2, -0.15) is 0 Å². The fourth-order valence-electron chi connectivity index (χ4n) is 2.66. The smallest absolute Gasteiger partial charge is 0.162 e. The monoisotopic (exact) mass is 323 g/mol. The number of carbonyl (C=O) groups is 1. The molecule has 0 unspecified atom stereocenters. The van der Waals surface area contributed by atoms with Crippen molar-refractivity contribution in [3.8, 4) is 0 Å². The summed E-state index contributed by atoms with van der Waals surface area (Å²) in [5.74, 6) is 0.256. The molecule has 1 heterocycles. The zero-order valence-corrected chi connectivity index (χ0v) is 13.4. The summed E-state index contributed by atoms with van der Waals surface area (Å²) in [6.45, 7) is 8.03. The molecule has 0 spiro atoms. The van der Waals surface area contributed by atoms with Gasteiger partial charge >= 0.3 is 0 Å². The van der Waals surface area contributed by atoms with Crippen LogP contribution in [0.15, 0.2) is 28.7 Å². The van der Waals surface area contributed by atoms with Crippen LogP contribution in [0.5, 0.6) is 0 Å². The Labute approximate surface area is 124 Å². The van der Waals surface area contributed by atoms with Crippen molar-refractivity contribution in [1.82, 2.24) is 4.90 Å². The summed E-state index contributed by atoms with van der Waals surface area (Å²) in [4.78, 5) is 14.5. The van der Waals surface area contributed by atoms with Crippen molar-refractivity contribution in [2.24, 2.45) is 5.41 Å². The molecular weight excluding hydrogens is 302 g/mol. The van der Waals surface area contributed by atoms with Crippen LogP contribution < -0.4 is 0 Å². The second-order valence-corrected chi connectivity index (χ2v) is 7.14. The lowest BCUT2D eigenvalue weighted by Crippen LogP contribution is -2.24. The Bertz CT molecular complexity index is 439. The quantitative estimate of drug-likeness (QED) is 0.759. The largest absolute Gasteiger partial charge is 0.303 e. The highest BCUT2D eigenvalue weighted by atomic mass is 79.9.